The van der Waals surface area contributed by atoms with Crippen molar-refractivity contribution >= 4 is 12.1 Å². The maximum absolute atomic E-state index is 11.7. The van der Waals surface area contributed by atoms with E-state index in [4.69, 9.17) is 4.74 Å². The summed E-state index contributed by atoms with van der Waals surface area (Å²) in [4.78, 5) is 17.9. The van der Waals surface area contributed by atoms with Crippen LogP contribution in [0.5, 0.6) is 0 Å². The highest BCUT2D eigenvalue weighted by Crippen LogP contribution is 2.31. The normalized spacial score (nSPS) is 20.6. The van der Waals surface area contributed by atoms with Gasteiger partial charge in [-0.25, -0.2) is 4.79 Å². The summed E-state index contributed by atoms with van der Waals surface area (Å²) in [6.45, 7) is 4.52. The number of guanidine groups is 1. The maximum Gasteiger partial charge on any atom is 0.409 e. The lowest BCUT2D eigenvalue weighted by Crippen LogP contribution is -2.56. The number of piperidine rings is 1. The summed E-state index contributed by atoms with van der Waals surface area (Å²) in [6.07, 6.45) is 6.41. The molecule has 3 rings (SSSR count). The van der Waals surface area contributed by atoms with E-state index in [0.717, 1.165) is 25.3 Å². The maximum atomic E-state index is 11.7. The molecule has 0 aromatic heterocycles. The van der Waals surface area contributed by atoms with Crippen LogP contribution in [0.1, 0.15) is 57.1 Å². The van der Waals surface area contributed by atoms with E-state index in [1.54, 1.807) is 4.90 Å². The number of hydrogen-bond acceptors (Lipinski definition) is 4. The van der Waals surface area contributed by atoms with E-state index in [1.165, 1.54) is 38.4 Å². The second-order valence-electron chi connectivity index (χ2n) is 8.57. The number of likely N-dealkylation sites (tertiary alicyclic amines) is 1. The molecular formula is C23H37N5O2. The first-order chi connectivity index (χ1) is 14.5. The summed E-state index contributed by atoms with van der Waals surface area (Å²) in [6, 6.07) is 11.3. The zero-order valence-corrected chi connectivity index (χ0v) is 18.6. The van der Waals surface area contributed by atoms with E-state index in [9.17, 15) is 4.79 Å². The van der Waals surface area contributed by atoms with Gasteiger partial charge < -0.3 is 25.6 Å². The first kappa shape index (κ1) is 22.4. The van der Waals surface area contributed by atoms with Gasteiger partial charge in [-0.15, -0.1) is 0 Å². The SMILES string of the molecule is CN=C(NCC1(NC(C)c2ccccc2)CCCC1)NC1CCN(C(=O)OC)CC1. The average molecular weight is 416 g/mol. The molecule has 7 nitrogen and oxygen atoms in total. The Morgan fingerprint density at radius 2 is 1.90 bits per heavy atom. The third kappa shape index (κ3) is 5.88. The Kier molecular flexibility index (Phi) is 7.96. The molecule has 0 spiro atoms. The lowest BCUT2D eigenvalue weighted by atomic mass is 9.94. The molecule has 2 fully saturated rings. The summed E-state index contributed by atoms with van der Waals surface area (Å²) < 4.78 is 4.82. The summed E-state index contributed by atoms with van der Waals surface area (Å²) in [7, 11) is 3.25. The van der Waals surface area contributed by atoms with E-state index in [2.05, 4.69) is 58.2 Å². The molecule has 1 aromatic carbocycles. The van der Waals surface area contributed by atoms with Gasteiger partial charge in [-0.3, -0.25) is 4.99 Å². The summed E-state index contributed by atoms with van der Waals surface area (Å²) in [5.41, 5.74) is 1.41. The molecule has 1 aromatic rings. The second-order valence-corrected chi connectivity index (χ2v) is 8.57. The number of carbonyl (C=O) groups is 1. The molecule has 7 heteroatoms. The molecule has 1 unspecified atom stereocenters. The molecular weight excluding hydrogens is 378 g/mol. The van der Waals surface area contributed by atoms with Gasteiger partial charge in [-0.2, -0.15) is 0 Å². The van der Waals surface area contributed by atoms with Gasteiger partial charge in [0.15, 0.2) is 5.96 Å². The molecule has 1 amide bonds. The van der Waals surface area contributed by atoms with Crippen LogP contribution in [0.2, 0.25) is 0 Å². The van der Waals surface area contributed by atoms with Gasteiger partial charge in [0, 0.05) is 44.3 Å². The molecule has 0 bridgehead atoms. The number of amides is 1. The molecule has 2 aliphatic rings. The Labute approximate surface area is 180 Å². The van der Waals surface area contributed by atoms with Crippen LogP contribution in [-0.4, -0.2) is 62.3 Å². The molecule has 3 N–H and O–H groups in total. The van der Waals surface area contributed by atoms with Crippen molar-refractivity contribution in [2.45, 2.75) is 63.1 Å². The largest absolute Gasteiger partial charge is 0.453 e. The van der Waals surface area contributed by atoms with Crippen molar-refractivity contribution in [3.8, 4) is 0 Å². The predicted molar refractivity (Wildman–Crippen MR) is 121 cm³/mol. The fourth-order valence-corrected chi connectivity index (χ4v) is 4.68. The average Bonchev–Trinajstić information content (AvgIpc) is 3.25. The highest BCUT2D eigenvalue weighted by molar-refractivity contribution is 5.80. The highest BCUT2D eigenvalue weighted by atomic mass is 16.5. The van der Waals surface area contributed by atoms with Crippen molar-refractivity contribution in [1.29, 1.82) is 0 Å². The van der Waals surface area contributed by atoms with Gasteiger partial charge in [0.05, 0.1) is 7.11 Å². The van der Waals surface area contributed by atoms with E-state index in [-0.39, 0.29) is 11.6 Å². The van der Waals surface area contributed by atoms with Gasteiger partial charge in [0.1, 0.15) is 0 Å². The molecule has 30 heavy (non-hydrogen) atoms. The van der Waals surface area contributed by atoms with Crippen molar-refractivity contribution in [1.82, 2.24) is 20.9 Å². The van der Waals surface area contributed by atoms with Crippen LogP contribution in [0.3, 0.4) is 0 Å². The number of aliphatic imine (C=N–C) groups is 1. The van der Waals surface area contributed by atoms with Crippen LogP contribution >= 0.6 is 0 Å². The van der Waals surface area contributed by atoms with Crippen molar-refractivity contribution in [3.05, 3.63) is 35.9 Å². The molecule has 166 valence electrons. The number of hydrogen-bond donors (Lipinski definition) is 3. The standard InChI is InChI=1S/C23H37N5O2/c1-18(19-9-5-4-6-10-19)27-23(13-7-8-14-23)17-25-21(24-2)26-20-11-15-28(16-12-20)22(29)30-3/h4-6,9-10,18,20,27H,7-8,11-17H2,1-3H3,(H2,24,25,26). The third-order valence-corrected chi connectivity index (χ3v) is 6.47. The summed E-state index contributed by atoms with van der Waals surface area (Å²) in [5.74, 6) is 0.840. The van der Waals surface area contributed by atoms with Crippen molar-refractivity contribution in [2.24, 2.45) is 4.99 Å². The predicted octanol–water partition coefficient (Wildman–Crippen LogP) is 3.05. The molecule has 0 radical (unpaired) electrons. The molecule has 1 aliphatic carbocycles. The lowest BCUT2D eigenvalue weighted by Gasteiger charge is -2.36. The Hall–Kier alpha value is -2.28. The lowest BCUT2D eigenvalue weighted by molar-refractivity contribution is 0.111. The van der Waals surface area contributed by atoms with Crippen LogP contribution in [0.4, 0.5) is 4.79 Å². The Morgan fingerprint density at radius 3 is 2.50 bits per heavy atom. The van der Waals surface area contributed by atoms with Crippen LogP contribution in [0.15, 0.2) is 35.3 Å². The minimum absolute atomic E-state index is 0.0845. The first-order valence-electron chi connectivity index (χ1n) is 11.2. The van der Waals surface area contributed by atoms with E-state index in [1.807, 2.05) is 7.05 Å². The minimum Gasteiger partial charge on any atom is -0.453 e. The molecule has 1 heterocycles. The van der Waals surface area contributed by atoms with Gasteiger partial charge >= 0.3 is 6.09 Å². The monoisotopic (exact) mass is 415 g/mol. The fourth-order valence-electron chi connectivity index (χ4n) is 4.68. The van der Waals surface area contributed by atoms with Gasteiger partial charge in [-0.05, 0) is 38.2 Å². The summed E-state index contributed by atoms with van der Waals surface area (Å²) >= 11 is 0. The quantitative estimate of drug-likeness (QED) is 0.492. The molecule has 1 atom stereocenters. The number of carbonyl (C=O) groups excluding carboxylic acids is 1. The fraction of sp³-hybridized carbons (Fsp3) is 0.652. The minimum atomic E-state index is -0.238. The van der Waals surface area contributed by atoms with Crippen LogP contribution in [-0.2, 0) is 4.74 Å². The second kappa shape index (κ2) is 10.7. The zero-order valence-electron chi connectivity index (χ0n) is 18.6. The number of nitrogens with zero attached hydrogens (tertiary/aromatic N) is 2. The smallest absolute Gasteiger partial charge is 0.409 e. The van der Waals surface area contributed by atoms with E-state index < -0.39 is 0 Å². The van der Waals surface area contributed by atoms with E-state index in [0.29, 0.717) is 25.2 Å². The number of rotatable bonds is 6. The van der Waals surface area contributed by atoms with Gasteiger partial charge in [-0.1, -0.05) is 43.2 Å². The molecule has 1 saturated heterocycles. The van der Waals surface area contributed by atoms with Crippen LogP contribution < -0.4 is 16.0 Å². The topological polar surface area (TPSA) is 78.0 Å². The summed E-state index contributed by atoms with van der Waals surface area (Å²) in [5, 5.41) is 11.0. The Balaban J connectivity index is 1.51. The molecule has 1 saturated carbocycles. The first-order valence-corrected chi connectivity index (χ1v) is 11.2. The van der Waals surface area contributed by atoms with Crippen LogP contribution in [0, 0.1) is 0 Å². The number of nitrogens with one attached hydrogen (secondary N) is 3. The van der Waals surface area contributed by atoms with Gasteiger partial charge in [0.25, 0.3) is 0 Å². The van der Waals surface area contributed by atoms with Crippen molar-refractivity contribution in [2.75, 3.05) is 33.8 Å². The number of benzene rings is 1. The Morgan fingerprint density at radius 1 is 1.23 bits per heavy atom. The Bertz CT molecular complexity index is 695. The number of ether oxygens (including phenoxy) is 1. The van der Waals surface area contributed by atoms with Crippen molar-refractivity contribution in [3.63, 3.8) is 0 Å². The molecule has 1 aliphatic heterocycles. The number of methoxy groups -OCH3 is 1. The zero-order chi connectivity index (χ0) is 21.4. The highest BCUT2D eigenvalue weighted by Gasteiger charge is 2.35. The van der Waals surface area contributed by atoms with Crippen LogP contribution in [0.25, 0.3) is 0 Å². The van der Waals surface area contributed by atoms with Gasteiger partial charge in [0.2, 0.25) is 0 Å². The third-order valence-electron chi connectivity index (χ3n) is 6.47. The van der Waals surface area contributed by atoms with Crippen molar-refractivity contribution < 1.29 is 9.53 Å². The van der Waals surface area contributed by atoms with E-state index >= 15 is 0 Å².